The summed E-state index contributed by atoms with van der Waals surface area (Å²) in [5.41, 5.74) is 1.28. The van der Waals surface area contributed by atoms with E-state index in [-0.39, 0.29) is 11.1 Å². The number of ketones is 1. The number of carbonyl (C=O) groups excluding carboxylic acids is 2. The van der Waals surface area contributed by atoms with Gasteiger partial charge in [-0.05, 0) is 47.5 Å². The van der Waals surface area contributed by atoms with Crippen LogP contribution in [0.4, 0.5) is 13.2 Å². The van der Waals surface area contributed by atoms with Crippen molar-refractivity contribution >= 4 is 11.7 Å². The Morgan fingerprint density at radius 1 is 0.875 bits per heavy atom. The van der Waals surface area contributed by atoms with Crippen molar-refractivity contribution in [1.82, 2.24) is 5.32 Å². The molecule has 0 aliphatic rings. The van der Waals surface area contributed by atoms with Crippen molar-refractivity contribution < 1.29 is 32.2 Å². The van der Waals surface area contributed by atoms with Gasteiger partial charge in [0.1, 0.15) is 24.1 Å². The van der Waals surface area contributed by atoms with Gasteiger partial charge in [0.15, 0.2) is 5.78 Å². The fourth-order valence-electron chi connectivity index (χ4n) is 2.93. The molecule has 0 spiro atoms. The van der Waals surface area contributed by atoms with Crippen LogP contribution in [0.1, 0.15) is 27.5 Å². The molecule has 3 aromatic carbocycles. The van der Waals surface area contributed by atoms with Crippen LogP contribution in [0.2, 0.25) is 0 Å². The molecule has 8 heteroatoms. The number of methoxy groups -OCH3 is 1. The Hall–Kier alpha value is -3.81. The van der Waals surface area contributed by atoms with Gasteiger partial charge in [-0.25, -0.2) is 0 Å². The van der Waals surface area contributed by atoms with Crippen molar-refractivity contribution in [2.75, 3.05) is 7.11 Å². The molecule has 32 heavy (non-hydrogen) atoms. The number of carbonyl (C=O) groups is 2. The average Bonchev–Trinajstić information content (AvgIpc) is 2.81. The molecule has 0 saturated heterocycles. The van der Waals surface area contributed by atoms with E-state index in [0.717, 1.165) is 5.56 Å². The summed E-state index contributed by atoms with van der Waals surface area (Å²) in [5, 5.41) is 1.78. The zero-order valence-electron chi connectivity index (χ0n) is 17.1. The highest BCUT2D eigenvalue weighted by Crippen LogP contribution is 2.25. The van der Waals surface area contributed by atoms with E-state index in [1.807, 2.05) is 30.3 Å². The van der Waals surface area contributed by atoms with Crippen LogP contribution in [0.25, 0.3) is 0 Å². The molecule has 0 bridgehead atoms. The van der Waals surface area contributed by atoms with E-state index in [0.29, 0.717) is 18.1 Å². The molecule has 1 N–H and O–H groups in total. The van der Waals surface area contributed by atoms with Crippen molar-refractivity contribution in [3.8, 4) is 11.5 Å². The maximum absolute atomic E-state index is 13.0. The first-order valence-corrected chi connectivity index (χ1v) is 9.60. The Morgan fingerprint density at radius 2 is 1.47 bits per heavy atom. The lowest BCUT2D eigenvalue weighted by Gasteiger charge is -2.19. The Kier molecular flexibility index (Phi) is 7.14. The second-order valence-corrected chi connectivity index (χ2v) is 6.84. The lowest BCUT2D eigenvalue weighted by Crippen LogP contribution is -2.42. The average molecular weight is 443 g/mol. The number of amides is 1. The van der Waals surface area contributed by atoms with E-state index in [1.54, 1.807) is 17.4 Å². The highest BCUT2D eigenvalue weighted by Gasteiger charge is 2.41. The van der Waals surface area contributed by atoms with Crippen molar-refractivity contribution in [1.29, 1.82) is 0 Å². The maximum Gasteiger partial charge on any atom is 0.471 e. The number of halogens is 3. The van der Waals surface area contributed by atoms with Crippen LogP contribution in [0.15, 0.2) is 78.9 Å². The molecule has 0 saturated carbocycles. The van der Waals surface area contributed by atoms with Crippen molar-refractivity contribution in [2.24, 2.45) is 0 Å². The monoisotopic (exact) mass is 443 g/mol. The van der Waals surface area contributed by atoms with Gasteiger partial charge in [-0.1, -0.05) is 42.5 Å². The van der Waals surface area contributed by atoms with E-state index >= 15 is 0 Å². The van der Waals surface area contributed by atoms with Gasteiger partial charge in [0.05, 0.1) is 7.11 Å². The number of Topliss-reactive ketones (excluding diaryl/α,β-unsaturated/α-hetero) is 1. The van der Waals surface area contributed by atoms with Crippen molar-refractivity contribution in [3.63, 3.8) is 0 Å². The van der Waals surface area contributed by atoms with Crippen molar-refractivity contribution in [2.45, 2.75) is 18.8 Å². The molecule has 1 unspecified atom stereocenters. The van der Waals surface area contributed by atoms with Gasteiger partial charge in [0, 0.05) is 5.56 Å². The summed E-state index contributed by atoms with van der Waals surface area (Å²) in [5.74, 6) is -1.94. The first-order chi connectivity index (χ1) is 15.3. The van der Waals surface area contributed by atoms with E-state index in [4.69, 9.17) is 9.47 Å². The Morgan fingerprint density at radius 3 is 2.03 bits per heavy atom. The molecule has 0 heterocycles. The molecule has 5 nitrogen and oxygen atoms in total. The van der Waals surface area contributed by atoms with Crippen LogP contribution in [0.5, 0.6) is 11.5 Å². The van der Waals surface area contributed by atoms with Crippen LogP contribution in [0.3, 0.4) is 0 Å². The third kappa shape index (κ3) is 5.87. The number of hydrogen-bond acceptors (Lipinski definition) is 4. The molecular weight excluding hydrogens is 423 g/mol. The lowest BCUT2D eigenvalue weighted by molar-refractivity contribution is -0.174. The minimum absolute atomic E-state index is 0.125. The van der Waals surface area contributed by atoms with Gasteiger partial charge in [-0.2, -0.15) is 13.2 Å². The minimum Gasteiger partial charge on any atom is -0.497 e. The molecule has 0 radical (unpaired) electrons. The summed E-state index contributed by atoms with van der Waals surface area (Å²) in [6, 6.07) is 19.8. The SMILES string of the molecule is COc1ccc(C(NC(=O)C(F)(F)F)C(=O)c2ccc(OCc3ccccc3)cc2)cc1. The molecule has 0 aliphatic carbocycles. The second kappa shape index (κ2) is 10.00. The summed E-state index contributed by atoms with van der Waals surface area (Å²) < 4.78 is 49.2. The molecule has 0 aliphatic heterocycles. The Balaban J connectivity index is 1.79. The molecule has 3 rings (SSSR count). The second-order valence-electron chi connectivity index (χ2n) is 6.84. The number of hydrogen-bond donors (Lipinski definition) is 1. The smallest absolute Gasteiger partial charge is 0.471 e. The third-order valence-electron chi connectivity index (χ3n) is 4.63. The summed E-state index contributed by atoms with van der Waals surface area (Å²) in [7, 11) is 1.44. The molecule has 0 fully saturated rings. The summed E-state index contributed by atoms with van der Waals surface area (Å²) >= 11 is 0. The fourth-order valence-corrected chi connectivity index (χ4v) is 2.93. The van der Waals surface area contributed by atoms with Gasteiger partial charge < -0.3 is 14.8 Å². The zero-order chi connectivity index (χ0) is 23.1. The van der Waals surface area contributed by atoms with Crippen molar-refractivity contribution in [3.05, 3.63) is 95.6 Å². The molecular formula is C24H20F3NO4. The van der Waals surface area contributed by atoms with Crippen LogP contribution >= 0.6 is 0 Å². The van der Waals surface area contributed by atoms with E-state index < -0.39 is 23.9 Å². The van der Waals surface area contributed by atoms with E-state index in [2.05, 4.69) is 0 Å². The summed E-state index contributed by atoms with van der Waals surface area (Å²) in [6.07, 6.45) is -5.12. The maximum atomic E-state index is 13.0. The number of rotatable bonds is 8. The summed E-state index contributed by atoms with van der Waals surface area (Å²) in [6.45, 7) is 0.324. The van der Waals surface area contributed by atoms with Crippen LogP contribution < -0.4 is 14.8 Å². The normalized spacial score (nSPS) is 12.0. The quantitative estimate of drug-likeness (QED) is 0.504. The van der Waals surface area contributed by atoms with Crippen LogP contribution in [-0.2, 0) is 11.4 Å². The Bertz CT molecular complexity index is 1050. The van der Waals surface area contributed by atoms with Gasteiger partial charge in [0.25, 0.3) is 0 Å². The number of ether oxygens (including phenoxy) is 2. The molecule has 1 amide bonds. The number of benzene rings is 3. The predicted octanol–water partition coefficient (Wildman–Crippen LogP) is 4.88. The lowest BCUT2D eigenvalue weighted by atomic mass is 9.97. The van der Waals surface area contributed by atoms with Crippen LogP contribution in [-0.4, -0.2) is 25.0 Å². The number of alkyl halides is 3. The highest BCUT2D eigenvalue weighted by molar-refractivity contribution is 6.03. The standard InChI is InChI=1S/C24H20F3NO4/c1-31-19-11-7-17(8-12-19)21(28-23(30)24(25,26)27)22(29)18-9-13-20(14-10-18)32-15-16-5-3-2-4-6-16/h2-14,21H,15H2,1H3,(H,28,30). The first kappa shape index (κ1) is 22.9. The predicted molar refractivity (Wildman–Crippen MR) is 111 cm³/mol. The molecule has 166 valence electrons. The molecule has 3 aromatic rings. The third-order valence-corrected chi connectivity index (χ3v) is 4.63. The van der Waals surface area contributed by atoms with Gasteiger partial charge >= 0.3 is 12.1 Å². The first-order valence-electron chi connectivity index (χ1n) is 9.60. The largest absolute Gasteiger partial charge is 0.497 e. The minimum atomic E-state index is -5.12. The fraction of sp³-hybridized carbons (Fsp3) is 0.167. The van der Waals surface area contributed by atoms with Gasteiger partial charge in [-0.3, -0.25) is 9.59 Å². The van der Waals surface area contributed by atoms with E-state index in [9.17, 15) is 22.8 Å². The van der Waals surface area contributed by atoms with Crippen LogP contribution in [0, 0.1) is 0 Å². The van der Waals surface area contributed by atoms with Gasteiger partial charge in [0.2, 0.25) is 0 Å². The van der Waals surface area contributed by atoms with E-state index in [1.165, 1.54) is 43.5 Å². The number of nitrogens with one attached hydrogen (secondary N) is 1. The molecule has 1 atom stereocenters. The topological polar surface area (TPSA) is 64.6 Å². The zero-order valence-corrected chi connectivity index (χ0v) is 17.1. The Labute approximate surface area is 182 Å². The summed E-state index contributed by atoms with van der Waals surface area (Å²) in [4.78, 5) is 24.5. The van der Waals surface area contributed by atoms with Gasteiger partial charge in [-0.15, -0.1) is 0 Å². The molecule has 0 aromatic heterocycles. The highest BCUT2D eigenvalue weighted by atomic mass is 19.4.